The van der Waals surface area contributed by atoms with E-state index in [1.165, 1.54) is 5.57 Å². The number of hydrogen-bond donors (Lipinski definition) is 1. The number of methoxy groups -OCH3 is 2. The molecule has 0 saturated heterocycles. The second-order valence-corrected chi connectivity index (χ2v) is 4.76. The van der Waals surface area contributed by atoms with Gasteiger partial charge in [-0.05, 0) is 32.9 Å². The standard InChI is InChI=1S/C16H25NO2/c1-6-10-17-14(11-12(2)3)13-8-7-9-15(18-4)16(13)19-5/h7-9,11,14,17H,6,10H2,1-5H3. The zero-order valence-corrected chi connectivity index (χ0v) is 12.6. The van der Waals surface area contributed by atoms with E-state index in [0.29, 0.717) is 0 Å². The molecule has 1 aromatic rings. The van der Waals surface area contributed by atoms with E-state index in [0.717, 1.165) is 30.0 Å². The number of benzene rings is 1. The third-order valence-electron chi connectivity index (χ3n) is 2.88. The van der Waals surface area contributed by atoms with Gasteiger partial charge in [0.2, 0.25) is 0 Å². The van der Waals surface area contributed by atoms with E-state index in [9.17, 15) is 0 Å². The summed E-state index contributed by atoms with van der Waals surface area (Å²) in [5.41, 5.74) is 2.38. The molecule has 1 aromatic carbocycles. The minimum absolute atomic E-state index is 0.148. The highest BCUT2D eigenvalue weighted by Crippen LogP contribution is 2.35. The molecule has 19 heavy (non-hydrogen) atoms. The van der Waals surface area contributed by atoms with Crippen LogP contribution in [0, 0.1) is 0 Å². The maximum atomic E-state index is 5.52. The Morgan fingerprint density at radius 3 is 2.53 bits per heavy atom. The summed E-state index contributed by atoms with van der Waals surface area (Å²) < 4.78 is 10.9. The van der Waals surface area contributed by atoms with Crippen molar-refractivity contribution in [3.05, 3.63) is 35.4 Å². The Hall–Kier alpha value is -1.48. The minimum atomic E-state index is 0.148. The molecule has 1 atom stereocenters. The Bertz CT molecular complexity index is 423. The Morgan fingerprint density at radius 2 is 2.00 bits per heavy atom. The van der Waals surface area contributed by atoms with Crippen molar-refractivity contribution in [3.63, 3.8) is 0 Å². The second kappa shape index (κ2) is 7.85. The van der Waals surface area contributed by atoms with Crippen LogP contribution in [-0.2, 0) is 0 Å². The normalized spacial score (nSPS) is 11.8. The molecule has 106 valence electrons. The zero-order chi connectivity index (χ0) is 14.3. The Kier molecular flexibility index (Phi) is 6.43. The van der Waals surface area contributed by atoms with Crippen LogP contribution in [0.4, 0.5) is 0 Å². The number of allylic oxidation sites excluding steroid dienone is 1. The van der Waals surface area contributed by atoms with Crippen molar-refractivity contribution < 1.29 is 9.47 Å². The lowest BCUT2D eigenvalue weighted by Crippen LogP contribution is -2.21. The first-order valence-electron chi connectivity index (χ1n) is 6.73. The molecule has 0 heterocycles. The number of ether oxygens (including phenoxy) is 2. The summed E-state index contributed by atoms with van der Waals surface area (Å²) in [6, 6.07) is 6.14. The third kappa shape index (κ3) is 4.28. The van der Waals surface area contributed by atoms with E-state index in [-0.39, 0.29) is 6.04 Å². The molecule has 0 amide bonds. The highest BCUT2D eigenvalue weighted by Gasteiger charge is 2.16. The monoisotopic (exact) mass is 263 g/mol. The fourth-order valence-corrected chi connectivity index (χ4v) is 2.05. The van der Waals surface area contributed by atoms with Gasteiger partial charge < -0.3 is 14.8 Å². The van der Waals surface area contributed by atoms with Crippen molar-refractivity contribution in [3.8, 4) is 11.5 Å². The van der Waals surface area contributed by atoms with Gasteiger partial charge in [-0.2, -0.15) is 0 Å². The lowest BCUT2D eigenvalue weighted by atomic mass is 10.0. The number of rotatable bonds is 7. The molecule has 0 aromatic heterocycles. The molecular formula is C16H25NO2. The smallest absolute Gasteiger partial charge is 0.165 e. The van der Waals surface area contributed by atoms with E-state index in [1.807, 2.05) is 12.1 Å². The molecular weight excluding hydrogens is 238 g/mol. The Labute approximate surface area is 116 Å². The van der Waals surface area contributed by atoms with Crippen LogP contribution in [0.2, 0.25) is 0 Å². The lowest BCUT2D eigenvalue weighted by molar-refractivity contribution is 0.349. The first kappa shape index (κ1) is 15.6. The Balaban J connectivity index is 3.17. The van der Waals surface area contributed by atoms with Gasteiger partial charge in [0.05, 0.1) is 20.3 Å². The molecule has 0 radical (unpaired) electrons. The first-order valence-corrected chi connectivity index (χ1v) is 6.73. The van der Waals surface area contributed by atoms with Crippen LogP contribution in [0.3, 0.4) is 0 Å². The second-order valence-electron chi connectivity index (χ2n) is 4.76. The quantitative estimate of drug-likeness (QED) is 0.761. The molecule has 1 unspecified atom stereocenters. The molecule has 3 nitrogen and oxygen atoms in total. The average molecular weight is 263 g/mol. The molecule has 0 saturated carbocycles. The van der Waals surface area contributed by atoms with Crippen LogP contribution in [0.5, 0.6) is 11.5 Å². The van der Waals surface area contributed by atoms with Gasteiger partial charge >= 0.3 is 0 Å². The highest BCUT2D eigenvalue weighted by atomic mass is 16.5. The van der Waals surface area contributed by atoms with E-state index in [4.69, 9.17) is 9.47 Å². The van der Waals surface area contributed by atoms with Crippen molar-refractivity contribution in [2.24, 2.45) is 0 Å². The molecule has 0 bridgehead atoms. The minimum Gasteiger partial charge on any atom is -0.493 e. The Morgan fingerprint density at radius 1 is 1.26 bits per heavy atom. The fraction of sp³-hybridized carbons (Fsp3) is 0.500. The van der Waals surface area contributed by atoms with Crippen LogP contribution < -0.4 is 14.8 Å². The lowest BCUT2D eigenvalue weighted by Gasteiger charge is -2.20. The van der Waals surface area contributed by atoms with Crippen LogP contribution in [-0.4, -0.2) is 20.8 Å². The van der Waals surface area contributed by atoms with Gasteiger partial charge in [0.1, 0.15) is 0 Å². The van der Waals surface area contributed by atoms with E-state index >= 15 is 0 Å². The molecule has 1 rings (SSSR count). The maximum Gasteiger partial charge on any atom is 0.165 e. The van der Waals surface area contributed by atoms with Gasteiger partial charge in [-0.15, -0.1) is 0 Å². The summed E-state index contributed by atoms with van der Waals surface area (Å²) in [6.45, 7) is 7.34. The molecule has 1 N–H and O–H groups in total. The van der Waals surface area contributed by atoms with E-state index in [1.54, 1.807) is 14.2 Å². The summed E-state index contributed by atoms with van der Waals surface area (Å²) in [5.74, 6) is 1.57. The zero-order valence-electron chi connectivity index (χ0n) is 12.6. The van der Waals surface area contributed by atoms with Crippen molar-refractivity contribution in [2.45, 2.75) is 33.2 Å². The molecule has 0 spiro atoms. The number of hydrogen-bond acceptors (Lipinski definition) is 3. The van der Waals surface area contributed by atoms with Gasteiger partial charge in [0, 0.05) is 5.56 Å². The van der Waals surface area contributed by atoms with Crippen molar-refractivity contribution in [2.75, 3.05) is 20.8 Å². The van der Waals surface area contributed by atoms with Gasteiger partial charge in [0.15, 0.2) is 11.5 Å². The highest BCUT2D eigenvalue weighted by molar-refractivity contribution is 5.49. The molecule has 0 aliphatic rings. The summed E-state index contributed by atoms with van der Waals surface area (Å²) in [5, 5.41) is 3.53. The molecule has 0 fully saturated rings. The van der Waals surface area contributed by atoms with Gasteiger partial charge in [0.25, 0.3) is 0 Å². The summed E-state index contributed by atoms with van der Waals surface area (Å²) >= 11 is 0. The number of para-hydroxylation sites is 1. The topological polar surface area (TPSA) is 30.5 Å². The van der Waals surface area contributed by atoms with Crippen molar-refractivity contribution in [1.82, 2.24) is 5.32 Å². The molecule has 0 aliphatic carbocycles. The predicted molar refractivity (Wildman–Crippen MR) is 80.0 cm³/mol. The van der Waals surface area contributed by atoms with Crippen LogP contribution in [0.25, 0.3) is 0 Å². The van der Waals surface area contributed by atoms with Gasteiger partial charge in [-0.1, -0.05) is 30.7 Å². The number of nitrogens with one attached hydrogen (secondary N) is 1. The van der Waals surface area contributed by atoms with Crippen LogP contribution in [0.15, 0.2) is 29.8 Å². The van der Waals surface area contributed by atoms with Crippen molar-refractivity contribution >= 4 is 0 Å². The van der Waals surface area contributed by atoms with Gasteiger partial charge in [-0.25, -0.2) is 0 Å². The van der Waals surface area contributed by atoms with Crippen LogP contribution >= 0.6 is 0 Å². The SMILES string of the molecule is CCCNC(C=C(C)C)c1cccc(OC)c1OC. The van der Waals surface area contributed by atoms with E-state index < -0.39 is 0 Å². The summed E-state index contributed by atoms with van der Waals surface area (Å²) in [7, 11) is 3.35. The first-order chi connectivity index (χ1) is 9.13. The third-order valence-corrected chi connectivity index (χ3v) is 2.88. The molecule has 0 aliphatic heterocycles. The predicted octanol–water partition coefficient (Wildman–Crippen LogP) is 3.71. The van der Waals surface area contributed by atoms with Crippen LogP contribution in [0.1, 0.15) is 38.8 Å². The maximum absolute atomic E-state index is 5.52. The van der Waals surface area contributed by atoms with Crippen molar-refractivity contribution in [1.29, 1.82) is 0 Å². The molecule has 3 heteroatoms. The average Bonchev–Trinajstić information content (AvgIpc) is 2.41. The fourth-order valence-electron chi connectivity index (χ4n) is 2.05. The summed E-state index contributed by atoms with van der Waals surface area (Å²) in [4.78, 5) is 0. The van der Waals surface area contributed by atoms with E-state index in [2.05, 4.69) is 38.2 Å². The largest absolute Gasteiger partial charge is 0.493 e. The van der Waals surface area contributed by atoms with Gasteiger partial charge in [-0.3, -0.25) is 0 Å². The summed E-state index contributed by atoms with van der Waals surface area (Å²) in [6.07, 6.45) is 3.31.